The molecule has 20 heavy (non-hydrogen) atoms. The standard InChI is InChI=1S/C17H38O2Si/c1-16(2,3)13-14(17(4,5)6)15(18)19-11-10-12-20(7,8)9/h14-15,18H,10-13H2,1-9H3. The molecule has 0 bridgehead atoms. The van der Waals surface area contributed by atoms with Crippen LogP contribution in [-0.2, 0) is 4.74 Å². The molecule has 0 heterocycles. The van der Waals surface area contributed by atoms with Crippen LogP contribution in [0, 0.1) is 16.7 Å². The Labute approximate surface area is 128 Å². The summed E-state index contributed by atoms with van der Waals surface area (Å²) in [4.78, 5) is 0. The molecule has 0 aromatic carbocycles. The Bertz CT molecular complexity index is 268. The monoisotopic (exact) mass is 302 g/mol. The second kappa shape index (κ2) is 7.41. The average molecular weight is 303 g/mol. The fraction of sp³-hybridized carbons (Fsp3) is 1.00. The highest BCUT2D eigenvalue weighted by Crippen LogP contribution is 2.38. The van der Waals surface area contributed by atoms with Crippen molar-refractivity contribution in [3.05, 3.63) is 0 Å². The molecule has 0 aliphatic carbocycles. The van der Waals surface area contributed by atoms with Gasteiger partial charge in [-0.1, -0.05) is 67.2 Å². The summed E-state index contributed by atoms with van der Waals surface area (Å²) in [5.41, 5.74) is 0.270. The zero-order valence-electron chi connectivity index (χ0n) is 15.3. The normalized spacial score (nSPS) is 17.1. The first-order valence-electron chi connectivity index (χ1n) is 8.02. The topological polar surface area (TPSA) is 29.5 Å². The van der Waals surface area contributed by atoms with Crippen LogP contribution in [-0.4, -0.2) is 26.1 Å². The van der Waals surface area contributed by atoms with Crippen molar-refractivity contribution in [2.45, 2.75) is 86.4 Å². The first-order valence-corrected chi connectivity index (χ1v) is 11.7. The van der Waals surface area contributed by atoms with Gasteiger partial charge in [-0.25, -0.2) is 0 Å². The molecular weight excluding hydrogens is 264 g/mol. The first-order chi connectivity index (χ1) is 8.72. The summed E-state index contributed by atoms with van der Waals surface area (Å²) < 4.78 is 5.75. The largest absolute Gasteiger partial charge is 0.368 e. The number of aliphatic hydroxyl groups excluding tert-OH is 1. The molecule has 2 unspecified atom stereocenters. The van der Waals surface area contributed by atoms with Gasteiger partial charge in [0.05, 0.1) is 0 Å². The van der Waals surface area contributed by atoms with Gasteiger partial charge in [-0.3, -0.25) is 0 Å². The highest BCUT2D eigenvalue weighted by Gasteiger charge is 2.35. The molecule has 3 heteroatoms. The average Bonchev–Trinajstić information content (AvgIpc) is 2.16. The fourth-order valence-corrected chi connectivity index (χ4v) is 3.62. The van der Waals surface area contributed by atoms with Crippen molar-refractivity contribution in [1.29, 1.82) is 0 Å². The van der Waals surface area contributed by atoms with Crippen molar-refractivity contribution in [3.8, 4) is 0 Å². The lowest BCUT2D eigenvalue weighted by Crippen LogP contribution is -2.37. The minimum Gasteiger partial charge on any atom is -0.368 e. The van der Waals surface area contributed by atoms with Gasteiger partial charge in [-0.2, -0.15) is 0 Å². The maximum Gasteiger partial charge on any atom is 0.157 e. The van der Waals surface area contributed by atoms with Gasteiger partial charge in [0.15, 0.2) is 6.29 Å². The molecule has 122 valence electrons. The zero-order valence-corrected chi connectivity index (χ0v) is 16.3. The summed E-state index contributed by atoms with van der Waals surface area (Å²) in [6.45, 7) is 21.1. The Hall–Kier alpha value is 0.137. The molecule has 0 aromatic rings. The van der Waals surface area contributed by atoms with Crippen LogP contribution in [0.25, 0.3) is 0 Å². The molecule has 0 radical (unpaired) electrons. The van der Waals surface area contributed by atoms with E-state index >= 15 is 0 Å². The summed E-state index contributed by atoms with van der Waals surface area (Å²) in [7, 11) is -0.993. The highest BCUT2D eigenvalue weighted by molar-refractivity contribution is 6.76. The lowest BCUT2D eigenvalue weighted by molar-refractivity contribution is -0.164. The Morgan fingerprint density at radius 3 is 1.85 bits per heavy atom. The van der Waals surface area contributed by atoms with E-state index in [0.29, 0.717) is 6.61 Å². The Kier molecular flexibility index (Phi) is 7.47. The van der Waals surface area contributed by atoms with Gasteiger partial charge in [0.25, 0.3) is 0 Å². The molecule has 0 amide bonds. The quantitative estimate of drug-likeness (QED) is 0.400. The van der Waals surface area contributed by atoms with Crippen molar-refractivity contribution < 1.29 is 9.84 Å². The SMILES string of the molecule is CC(C)(C)CC(C(O)OCCC[Si](C)(C)C)C(C)(C)C. The minimum atomic E-state index is -0.993. The molecular formula is C17H38O2Si. The summed E-state index contributed by atoms with van der Waals surface area (Å²) >= 11 is 0. The molecule has 2 nitrogen and oxygen atoms in total. The molecule has 1 N–H and O–H groups in total. The Morgan fingerprint density at radius 1 is 1.00 bits per heavy atom. The molecule has 2 atom stereocenters. The highest BCUT2D eigenvalue weighted by atomic mass is 28.3. The van der Waals surface area contributed by atoms with Crippen molar-refractivity contribution in [1.82, 2.24) is 0 Å². The van der Waals surface area contributed by atoms with E-state index in [2.05, 4.69) is 61.2 Å². The van der Waals surface area contributed by atoms with Crippen molar-refractivity contribution in [2.75, 3.05) is 6.61 Å². The molecule has 0 fully saturated rings. The summed E-state index contributed by atoms with van der Waals surface area (Å²) in [5.74, 6) is 0.175. The molecule has 0 saturated carbocycles. The maximum atomic E-state index is 10.4. The second-order valence-electron chi connectivity index (χ2n) is 9.66. The number of ether oxygens (including phenoxy) is 1. The predicted molar refractivity (Wildman–Crippen MR) is 91.7 cm³/mol. The van der Waals surface area contributed by atoms with Crippen LogP contribution in [0.4, 0.5) is 0 Å². The van der Waals surface area contributed by atoms with Crippen molar-refractivity contribution in [2.24, 2.45) is 16.7 Å². The minimum absolute atomic E-state index is 0.0610. The van der Waals surface area contributed by atoms with Crippen LogP contribution in [0.5, 0.6) is 0 Å². The lowest BCUT2D eigenvalue weighted by Gasteiger charge is -2.38. The van der Waals surface area contributed by atoms with Crippen LogP contribution < -0.4 is 0 Å². The third kappa shape index (κ3) is 9.95. The number of hydrogen-bond donors (Lipinski definition) is 1. The predicted octanol–water partition coefficient (Wildman–Crippen LogP) is 5.15. The molecule has 0 saturated heterocycles. The van der Waals surface area contributed by atoms with Crippen LogP contribution in [0.1, 0.15) is 54.4 Å². The van der Waals surface area contributed by atoms with Gasteiger partial charge < -0.3 is 9.84 Å². The van der Waals surface area contributed by atoms with Gasteiger partial charge in [-0.15, -0.1) is 0 Å². The Morgan fingerprint density at radius 2 is 1.50 bits per heavy atom. The van der Waals surface area contributed by atoms with Crippen LogP contribution in [0.3, 0.4) is 0 Å². The molecule has 0 aliphatic rings. The third-order valence-electron chi connectivity index (χ3n) is 3.65. The van der Waals surface area contributed by atoms with Crippen molar-refractivity contribution in [3.63, 3.8) is 0 Å². The van der Waals surface area contributed by atoms with E-state index in [1.807, 2.05) is 0 Å². The lowest BCUT2D eigenvalue weighted by atomic mass is 9.72. The smallest absolute Gasteiger partial charge is 0.157 e. The summed E-state index contributed by atoms with van der Waals surface area (Å²) in [5, 5.41) is 10.4. The van der Waals surface area contributed by atoms with Crippen molar-refractivity contribution >= 4 is 8.07 Å². The fourth-order valence-electron chi connectivity index (χ4n) is 2.42. The summed E-state index contributed by atoms with van der Waals surface area (Å²) in [6.07, 6.45) is 1.40. The van der Waals surface area contributed by atoms with Gasteiger partial charge in [-0.05, 0) is 23.7 Å². The number of aliphatic hydroxyl groups is 1. The summed E-state index contributed by atoms with van der Waals surface area (Å²) in [6, 6.07) is 1.26. The Balaban J connectivity index is 4.40. The van der Waals surface area contributed by atoms with Crippen LogP contribution >= 0.6 is 0 Å². The van der Waals surface area contributed by atoms with E-state index in [-0.39, 0.29) is 16.7 Å². The number of hydrogen-bond acceptors (Lipinski definition) is 2. The van der Waals surface area contributed by atoms with Gasteiger partial charge in [0.1, 0.15) is 0 Å². The second-order valence-corrected chi connectivity index (χ2v) is 15.3. The van der Waals surface area contributed by atoms with Crippen LogP contribution in [0.2, 0.25) is 25.7 Å². The van der Waals surface area contributed by atoms with Gasteiger partial charge >= 0.3 is 0 Å². The van der Waals surface area contributed by atoms with E-state index in [0.717, 1.165) is 12.8 Å². The molecule has 0 spiro atoms. The van der Waals surface area contributed by atoms with Gasteiger partial charge in [0.2, 0.25) is 0 Å². The first kappa shape index (κ1) is 20.1. The van der Waals surface area contributed by atoms with Crippen LogP contribution in [0.15, 0.2) is 0 Å². The molecule has 0 aromatic heterocycles. The van der Waals surface area contributed by atoms with E-state index < -0.39 is 14.4 Å². The zero-order chi connectivity index (χ0) is 16.2. The maximum absolute atomic E-state index is 10.4. The molecule has 0 aliphatic heterocycles. The van der Waals surface area contributed by atoms with E-state index in [4.69, 9.17) is 4.74 Å². The van der Waals surface area contributed by atoms with E-state index in [1.54, 1.807) is 0 Å². The third-order valence-corrected chi connectivity index (χ3v) is 5.50. The molecule has 0 rings (SSSR count). The van der Waals surface area contributed by atoms with Gasteiger partial charge in [0, 0.05) is 20.6 Å². The van der Waals surface area contributed by atoms with E-state index in [9.17, 15) is 5.11 Å². The number of rotatable bonds is 7. The van der Waals surface area contributed by atoms with E-state index in [1.165, 1.54) is 6.04 Å².